The summed E-state index contributed by atoms with van der Waals surface area (Å²) in [6, 6.07) is 21.7. The molecule has 0 aromatic heterocycles. The molecule has 1 atom stereocenters. The molecule has 1 heterocycles. The molecule has 35 heavy (non-hydrogen) atoms. The third-order valence-corrected chi connectivity index (χ3v) is 5.87. The number of carbonyl (C=O) groups excluding carboxylic acids is 2. The summed E-state index contributed by atoms with van der Waals surface area (Å²) >= 11 is 0. The minimum atomic E-state index is -0.790. The maximum absolute atomic E-state index is 13.6. The highest BCUT2D eigenvalue weighted by Crippen LogP contribution is 2.32. The molecule has 3 aromatic rings. The number of methoxy groups -OCH3 is 1. The Morgan fingerprint density at radius 1 is 0.943 bits per heavy atom. The average molecular weight is 475 g/mol. The first kappa shape index (κ1) is 24.1. The zero-order chi connectivity index (χ0) is 24.8. The Labute approximate surface area is 205 Å². The van der Waals surface area contributed by atoms with E-state index in [9.17, 15) is 9.59 Å². The zero-order valence-electron chi connectivity index (χ0n) is 20.2. The van der Waals surface area contributed by atoms with Crippen molar-refractivity contribution >= 4 is 11.8 Å². The molecule has 3 aromatic carbocycles. The fraction of sp³-hybridized carbons (Fsp3) is 0.286. The Bertz CT molecular complexity index is 1160. The summed E-state index contributed by atoms with van der Waals surface area (Å²) in [4.78, 5) is 28.7. The quantitative estimate of drug-likeness (QED) is 0.495. The van der Waals surface area contributed by atoms with E-state index in [1.54, 1.807) is 12.0 Å². The Kier molecular flexibility index (Phi) is 7.55. The molecule has 0 fully saturated rings. The van der Waals surface area contributed by atoms with Crippen molar-refractivity contribution in [3.05, 3.63) is 89.5 Å². The van der Waals surface area contributed by atoms with Crippen LogP contribution in [0, 0.1) is 5.92 Å². The Morgan fingerprint density at radius 3 is 2.31 bits per heavy atom. The van der Waals surface area contributed by atoms with Crippen molar-refractivity contribution in [1.82, 2.24) is 10.2 Å². The van der Waals surface area contributed by atoms with Crippen molar-refractivity contribution in [2.75, 3.05) is 13.9 Å². The van der Waals surface area contributed by atoms with Crippen LogP contribution in [0.15, 0.2) is 72.8 Å². The first-order chi connectivity index (χ1) is 17.0. The fourth-order valence-corrected chi connectivity index (χ4v) is 4.00. The Morgan fingerprint density at radius 2 is 1.63 bits per heavy atom. The highest BCUT2D eigenvalue weighted by molar-refractivity contribution is 5.89. The van der Waals surface area contributed by atoms with Gasteiger partial charge in [0.05, 0.1) is 7.11 Å². The van der Waals surface area contributed by atoms with Crippen LogP contribution in [0.2, 0.25) is 0 Å². The second-order valence-electron chi connectivity index (χ2n) is 8.69. The number of ether oxygens (including phenoxy) is 3. The smallest absolute Gasteiger partial charge is 0.247 e. The molecule has 0 radical (unpaired) electrons. The van der Waals surface area contributed by atoms with Crippen LogP contribution in [0.5, 0.6) is 17.2 Å². The van der Waals surface area contributed by atoms with Crippen molar-refractivity contribution in [2.45, 2.75) is 33.0 Å². The summed E-state index contributed by atoms with van der Waals surface area (Å²) in [5.41, 5.74) is 2.54. The van der Waals surface area contributed by atoms with Crippen molar-refractivity contribution < 1.29 is 23.8 Å². The van der Waals surface area contributed by atoms with E-state index < -0.39 is 6.04 Å². The molecule has 0 unspecified atom stereocenters. The average Bonchev–Trinajstić information content (AvgIpc) is 3.35. The summed E-state index contributed by atoms with van der Waals surface area (Å²) in [7, 11) is 1.61. The van der Waals surface area contributed by atoms with Gasteiger partial charge in [-0.25, -0.2) is 0 Å². The highest BCUT2D eigenvalue weighted by Gasteiger charge is 2.32. The van der Waals surface area contributed by atoms with Crippen molar-refractivity contribution in [3.63, 3.8) is 0 Å². The first-order valence-corrected chi connectivity index (χ1v) is 11.6. The number of rotatable bonds is 9. The van der Waals surface area contributed by atoms with Crippen LogP contribution in [0.25, 0.3) is 0 Å². The lowest BCUT2D eigenvalue weighted by Crippen LogP contribution is -2.44. The Balaban J connectivity index is 1.61. The largest absolute Gasteiger partial charge is 0.497 e. The molecule has 0 saturated carbocycles. The van der Waals surface area contributed by atoms with Crippen LogP contribution in [-0.4, -0.2) is 30.6 Å². The van der Waals surface area contributed by atoms with E-state index in [0.717, 1.165) is 22.4 Å². The van der Waals surface area contributed by atoms with E-state index >= 15 is 0 Å². The minimum Gasteiger partial charge on any atom is -0.497 e. The molecule has 4 rings (SSSR count). The number of nitrogens with zero attached hydrogens (tertiary/aromatic N) is 1. The van der Waals surface area contributed by atoms with Gasteiger partial charge in [0, 0.05) is 19.0 Å². The van der Waals surface area contributed by atoms with E-state index in [2.05, 4.69) is 5.32 Å². The third-order valence-electron chi connectivity index (χ3n) is 5.87. The summed E-state index contributed by atoms with van der Waals surface area (Å²) in [5.74, 6) is 1.45. The molecular weight excluding hydrogens is 444 g/mol. The lowest BCUT2D eigenvalue weighted by Gasteiger charge is -2.33. The lowest BCUT2D eigenvalue weighted by molar-refractivity contribution is -0.144. The van der Waals surface area contributed by atoms with Crippen molar-refractivity contribution in [1.29, 1.82) is 0 Å². The molecule has 0 bridgehead atoms. The molecule has 7 heteroatoms. The molecule has 2 amide bonds. The van der Waals surface area contributed by atoms with Gasteiger partial charge in [0.25, 0.3) is 0 Å². The summed E-state index contributed by atoms with van der Waals surface area (Å²) < 4.78 is 16.1. The van der Waals surface area contributed by atoms with Crippen molar-refractivity contribution in [2.24, 2.45) is 5.92 Å². The van der Waals surface area contributed by atoms with Crippen molar-refractivity contribution in [3.8, 4) is 17.2 Å². The van der Waals surface area contributed by atoms with Crippen LogP contribution in [0.1, 0.15) is 36.6 Å². The zero-order valence-corrected chi connectivity index (χ0v) is 20.2. The van der Waals surface area contributed by atoms with Gasteiger partial charge in [-0.1, -0.05) is 62.4 Å². The van der Waals surface area contributed by atoms with E-state index in [4.69, 9.17) is 14.2 Å². The molecule has 0 saturated heterocycles. The van der Waals surface area contributed by atoms with Gasteiger partial charge in [-0.15, -0.1) is 0 Å². The van der Waals surface area contributed by atoms with E-state index in [0.29, 0.717) is 18.0 Å². The number of hydrogen-bond donors (Lipinski definition) is 1. The molecule has 182 valence electrons. The number of carbonyl (C=O) groups is 2. The normalized spacial score (nSPS) is 12.8. The fourth-order valence-electron chi connectivity index (χ4n) is 4.00. The highest BCUT2D eigenvalue weighted by atomic mass is 16.7. The van der Waals surface area contributed by atoms with Gasteiger partial charge in [0.15, 0.2) is 11.5 Å². The van der Waals surface area contributed by atoms with Gasteiger partial charge >= 0.3 is 0 Å². The van der Waals surface area contributed by atoms with Crippen LogP contribution < -0.4 is 19.5 Å². The van der Waals surface area contributed by atoms with Gasteiger partial charge in [-0.2, -0.15) is 0 Å². The summed E-state index contributed by atoms with van der Waals surface area (Å²) in [5, 5.41) is 3.02. The number of fused-ring (bicyclic) bond motifs is 1. The van der Waals surface area contributed by atoms with Gasteiger partial charge in [0.1, 0.15) is 11.8 Å². The second kappa shape index (κ2) is 11.0. The van der Waals surface area contributed by atoms with Crippen LogP contribution in [0.4, 0.5) is 0 Å². The maximum Gasteiger partial charge on any atom is 0.247 e. The molecule has 1 aliphatic heterocycles. The van der Waals surface area contributed by atoms with E-state index in [1.807, 2.05) is 86.6 Å². The molecule has 1 N–H and O–H groups in total. The summed E-state index contributed by atoms with van der Waals surface area (Å²) in [6.07, 6.45) is 0. The Hall–Kier alpha value is -4.00. The number of benzene rings is 3. The van der Waals surface area contributed by atoms with Crippen LogP contribution in [-0.2, 0) is 22.7 Å². The topological polar surface area (TPSA) is 77.1 Å². The third kappa shape index (κ3) is 5.74. The monoisotopic (exact) mass is 474 g/mol. The van der Waals surface area contributed by atoms with E-state index in [-0.39, 0.29) is 31.1 Å². The number of hydrogen-bond acceptors (Lipinski definition) is 5. The van der Waals surface area contributed by atoms with E-state index in [1.165, 1.54) is 0 Å². The predicted molar refractivity (Wildman–Crippen MR) is 132 cm³/mol. The lowest BCUT2D eigenvalue weighted by atomic mass is 10.0. The van der Waals surface area contributed by atoms with Crippen LogP contribution >= 0.6 is 0 Å². The van der Waals surface area contributed by atoms with Gasteiger partial charge in [-0.05, 0) is 41.0 Å². The molecule has 0 aliphatic carbocycles. The first-order valence-electron chi connectivity index (χ1n) is 11.6. The second-order valence-corrected chi connectivity index (χ2v) is 8.69. The van der Waals surface area contributed by atoms with Gasteiger partial charge < -0.3 is 24.4 Å². The molecule has 7 nitrogen and oxygen atoms in total. The summed E-state index contributed by atoms with van der Waals surface area (Å²) in [6.45, 7) is 4.47. The molecule has 0 spiro atoms. The molecule has 1 aliphatic rings. The standard InChI is InChI=1S/C28H30N2O5/c1-19(2)28(32)30(17-20-9-12-23(33-3)13-10-20)26(22-7-5-4-6-8-22)27(31)29-16-21-11-14-24-25(15-21)35-18-34-24/h4-15,19,26H,16-18H2,1-3H3,(H,29,31)/t26-/m0/s1. The predicted octanol–water partition coefficient (Wildman–Crippen LogP) is 4.47. The number of nitrogens with one attached hydrogen (secondary N) is 1. The SMILES string of the molecule is COc1ccc(CN(C(=O)C(C)C)[C@H](C(=O)NCc2ccc3c(c2)OCO3)c2ccccc2)cc1. The number of amides is 2. The van der Waals surface area contributed by atoms with Gasteiger partial charge in [0.2, 0.25) is 18.6 Å². The van der Waals surface area contributed by atoms with Gasteiger partial charge in [-0.3, -0.25) is 9.59 Å². The minimum absolute atomic E-state index is 0.104. The van der Waals surface area contributed by atoms with Crippen LogP contribution in [0.3, 0.4) is 0 Å². The molecular formula is C28H30N2O5. The maximum atomic E-state index is 13.6.